The molecule has 0 aliphatic carbocycles. The zero-order valence-electron chi connectivity index (χ0n) is 13.0. The highest BCUT2D eigenvalue weighted by Gasteiger charge is 2.24. The maximum absolute atomic E-state index is 12.9. The van der Waals surface area contributed by atoms with Gasteiger partial charge in [0.1, 0.15) is 15.4 Å². The second kappa shape index (κ2) is 5.78. The van der Waals surface area contributed by atoms with Crippen molar-refractivity contribution in [2.24, 2.45) is 0 Å². The standard InChI is InChI=1S/C15H13ClF2N4OS/c1-5-4-8(13(17)18)20-14-9(5)11(19)12(24-14)15(23)22-7(3)10(16)6(2)21-22/h4,13H,19H2,1-3H3. The maximum atomic E-state index is 12.9. The number of nitrogens with zero attached hydrogens (tertiary/aromatic N) is 3. The number of hydrogen-bond donors (Lipinski definition) is 1. The maximum Gasteiger partial charge on any atom is 0.290 e. The van der Waals surface area contributed by atoms with Crippen LogP contribution in [-0.4, -0.2) is 20.7 Å². The van der Waals surface area contributed by atoms with Gasteiger partial charge in [-0.15, -0.1) is 11.3 Å². The number of aryl methyl sites for hydroxylation is 2. The van der Waals surface area contributed by atoms with Crippen LogP contribution in [0.1, 0.15) is 38.7 Å². The molecule has 0 saturated carbocycles. The number of alkyl halides is 2. The lowest BCUT2D eigenvalue weighted by atomic mass is 10.1. The van der Waals surface area contributed by atoms with Gasteiger partial charge in [0, 0.05) is 5.39 Å². The van der Waals surface area contributed by atoms with Gasteiger partial charge in [0.15, 0.2) is 0 Å². The van der Waals surface area contributed by atoms with Crippen LogP contribution in [0.4, 0.5) is 14.5 Å². The number of rotatable bonds is 2. The number of hydrogen-bond acceptors (Lipinski definition) is 5. The fourth-order valence-corrected chi connectivity index (χ4v) is 3.74. The molecule has 3 heterocycles. The number of carbonyl (C=O) groups is 1. The fraction of sp³-hybridized carbons (Fsp3) is 0.267. The van der Waals surface area contributed by atoms with E-state index in [9.17, 15) is 13.6 Å². The number of thiophene rings is 1. The van der Waals surface area contributed by atoms with Crippen molar-refractivity contribution in [1.82, 2.24) is 14.8 Å². The average Bonchev–Trinajstić information content (AvgIpc) is 2.99. The smallest absolute Gasteiger partial charge is 0.290 e. The van der Waals surface area contributed by atoms with Crippen LogP contribution < -0.4 is 5.73 Å². The molecule has 0 aliphatic heterocycles. The minimum atomic E-state index is -2.69. The molecule has 24 heavy (non-hydrogen) atoms. The Bertz CT molecular complexity index is 980. The predicted octanol–water partition coefficient (Wildman–Crippen LogP) is 4.28. The number of aromatic nitrogens is 3. The molecule has 0 radical (unpaired) electrons. The summed E-state index contributed by atoms with van der Waals surface area (Å²) >= 11 is 7.04. The molecule has 0 aliphatic rings. The Morgan fingerprint density at radius 2 is 2.04 bits per heavy atom. The number of nitrogens with two attached hydrogens (primary N) is 1. The van der Waals surface area contributed by atoms with Crippen LogP contribution in [0.2, 0.25) is 5.02 Å². The van der Waals surface area contributed by atoms with Crippen LogP contribution in [-0.2, 0) is 0 Å². The van der Waals surface area contributed by atoms with Gasteiger partial charge in [0.2, 0.25) is 0 Å². The summed E-state index contributed by atoms with van der Waals surface area (Å²) in [6, 6.07) is 1.28. The first-order valence-electron chi connectivity index (χ1n) is 6.96. The minimum Gasteiger partial charge on any atom is -0.397 e. The summed E-state index contributed by atoms with van der Waals surface area (Å²) < 4.78 is 27.0. The molecule has 0 amide bonds. The summed E-state index contributed by atoms with van der Waals surface area (Å²) in [6.07, 6.45) is -2.69. The fourth-order valence-electron chi connectivity index (χ4n) is 2.52. The lowest BCUT2D eigenvalue weighted by Crippen LogP contribution is -2.15. The average molecular weight is 371 g/mol. The molecule has 126 valence electrons. The van der Waals surface area contributed by atoms with Crippen LogP contribution >= 0.6 is 22.9 Å². The third-order valence-corrected chi connectivity index (χ3v) is 5.36. The van der Waals surface area contributed by atoms with Gasteiger partial charge >= 0.3 is 0 Å². The van der Waals surface area contributed by atoms with Gasteiger partial charge < -0.3 is 5.73 Å². The van der Waals surface area contributed by atoms with Crippen molar-refractivity contribution in [2.45, 2.75) is 27.2 Å². The number of fused-ring (bicyclic) bond motifs is 1. The van der Waals surface area contributed by atoms with Crippen molar-refractivity contribution in [1.29, 1.82) is 0 Å². The summed E-state index contributed by atoms with van der Waals surface area (Å²) in [5.74, 6) is -0.457. The topological polar surface area (TPSA) is 73.8 Å². The summed E-state index contributed by atoms with van der Waals surface area (Å²) in [4.78, 5) is 17.2. The first-order chi connectivity index (χ1) is 11.2. The van der Waals surface area contributed by atoms with E-state index in [4.69, 9.17) is 17.3 Å². The number of halogens is 3. The van der Waals surface area contributed by atoms with Gasteiger partial charge in [-0.05, 0) is 32.4 Å². The second-order valence-corrected chi connectivity index (χ2v) is 6.77. The molecule has 0 bridgehead atoms. The van der Waals surface area contributed by atoms with E-state index in [1.807, 2.05) is 0 Å². The molecule has 0 unspecified atom stereocenters. The van der Waals surface area contributed by atoms with Crippen molar-refractivity contribution < 1.29 is 13.6 Å². The van der Waals surface area contributed by atoms with E-state index in [1.165, 1.54) is 10.7 Å². The van der Waals surface area contributed by atoms with Gasteiger partial charge in [-0.1, -0.05) is 11.6 Å². The lowest BCUT2D eigenvalue weighted by molar-refractivity contribution is 0.0947. The van der Waals surface area contributed by atoms with Gasteiger partial charge in [0.05, 0.1) is 22.1 Å². The Kier molecular flexibility index (Phi) is 4.05. The van der Waals surface area contributed by atoms with Crippen molar-refractivity contribution in [3.8, 4) is 0 Å². The Hall–Kier alpha value is -2.06. The van der Waals surface area contributed by atoms with Crippen molar-refractivity contribution in [3.05, 3.63) is 38.6 Å². The van der Waals surface area contributed by atoms with E-state index < -0.39 is 12.3 Å². The van der Waals surface area contributed by atoms with Crippen molar-refractivity contribution in [2.75, 3.05) is 5.73 Å². The monoisotopic (exact) mass is 370 g/mol. The molecule has 3 aromatic rings. The van der Waals surface area contributed by atoms with Crippen LogP contribution in [0.5, 0.6) is 0 Å². The zero-order valence-corrected chi connectivity index (χ0v) is 14.6. The first-order valence-corrected chi connectivity index (χ1v) is 8.15. The number of carbonyl (C=O) groups excluding carboxylic acids is 1. The SMILES string of the molecule is Cc1nn(C(=O)c2sc3nc(C(F)F)cc(C)c3c2N)c(C)c1Cl. The highest BCUT2D eigenvalue weighted by atomic mass is 35.5. The van der Waals surface area contributed by atoms with E-state index in [0.717, 1.165) is 11.3 Å². The molecule has 5 nitrogen and oxygen atoms in total. The summed E-state index contributed by atoms with van der Waals surface area (Å²) in [5, 5.41) is 5.03. The van der Waals surface area contributed by atoms with Crippen LogP contribution in [0.3, 0.4) is 0 Å². The molecule has 0 fully saturated rings. The van der Waals surface area contributed by atoms with Gasteiger partial charge in [-0.2, -0.15) is 9.78 Å². The lowest BCUT2D eigenvalue weighted by Gasteiger charge is -2.03. The van der Waals surface area contributed by atoms with Crippen molar-refractivity contribution >= 4 is 44.7 Å². The van der Waals surface area contributed by atoms with E-state index in [0.29, 0.717) is 32.2 Å². The van der Waals surface area contributed by atoms with E-state index in [2.05, 4.69) is 10.1 Å². The number of nitrogen functional groups attached to an aromatic ring is 1. The van der Waals surface area contributed by atoms with E-state index in [-0.39, 0.29) is 16.3 Å². The van der Waals surface area contributed by atoms with E-state index >= 15 is 0 Å². The van der Waals surface area contributed by atoms with Crippen LogP contribution in [0, 0.1) is 20.8 Å². The van der Waals surface area contributed by atoms with Gasteiger partial charge in [0.25, 0.3) is 12.3 Å². The molecule has 3 rings (SSSR count). The molecule has 2 N–H and O–H groups in total. The molecular formula is C15H13ClF2N4OS. The quantitative estimate of drug-likeness (QED) is 0.730. The third kappa shape index (κ3) is 2.46. The minimum absolute atomic E-state index is 0.203. The highest BCUT2D eigenvalue weighted by Crippen LogP contribution is 2.37. The molecule has 3 aromatic heterocycles. The predicted molar refractivity (Wildman–Crippen MR) is 90.2 cm³/mol. The molecule has 0 saturated heterocycles. The molecule has 0 spiro atoms. The highest BCUT2D eigenvalue weighted by molar-refractivity contribution is 7.21. The Morgan fingerprint density at radius 3 is 2.58 bits per heavy atom. The van der Waals surface area contributed by atoms with E-state index in [1.54, 1.807) is 20.8 Å². The van der Waals surface area contributed by atoms with Gasteiger partial charge in [-0.25, -0.2) is 13.8 Å². The largest absolute Gasteiger partial charge is 0.397 e. The Balaban J connectivity index is 2.19. The summed E-state index contributed by atoms with van der Waals surface area (Å²) in [6.45, 7) is 5.02. The van der Waals surface area contributed by atoms with Crippen molar-refractivity contribution in [3.63, 3.8) is 0 Å². The molecular weight excluding hydrogens is 358 g/mol. The van der Waals surface area contributed by atoms with Crippen LogP contribution in [0.25, 0.3) is 10.2 Å². The Labute approximate surface area is 145 Å². The van der Waals surface area contributed by atoms with Gasteiger partial charge in [-0.3, -0.25) is 4.79 Å². The first kappa shape index (κ1) is 16.8. The third-order valence-electron chi connectivity index (χ3n) is 3.73. The number of pyridine rings is 1. The molecule has 0 atom stereocenters. The zero-order chi connectivity index (χ0) is 17.8. The van der Waals surface area contributed by atoms with Crippen LogP contribution in [0.15, 0.2) is 6.07 Å². The number of anilines is 1. The normalized spacial score (nSPS) is 11.6. The summed E-state index contributed by atoms with van der Waals surface area (Å²) in [7, 11) is 0. The summed E-state index contributed by atoms with van der Waals surface area (Å²) in [5.41, 5.74) is 7.54. The Morgan fingerprint density at radius 1 is 1.38 bits per heavy atom. The molecule has 0 aromatic carbocycles. The molecule has 9 heteroatoms. The second-order valence-electron chi connectivity index (χ2n) is 5.39.